The van der Waals surface area contributed by atoms with Gasteiger partial charge in [-0.2, -0.15) is 0 Å². The van der Waals surface area contributed by atoms with Gasteiger partial charge in [-0.25, -0.2) is 9.59 Å². The largest absolute Gasteiger partial charge is 0.444 e. The second kappa shape index (κ2) is 10.0. The van der Waals surface area contributed by atoms with E-state index in [4.69, 9.17) is 21.1 Å². The highest BCUT2D eigenvalue weighted by Crippen LogP contribution is 2.31. The zero-order valence-corrected chi connectivity index (χ0v) is 20.5. The van der Waals surface area contributed by atoms with Crippen LogP contribution in [0.4, 0.5) is 21.0 Å². The number of carbonyl (C=O) groups excluding carboxylic acids is 2. The van der Waals surface area contributed by atoms with Crippen LogP contribution in [0.1, 0.15) is 46.6 Å². The number of anilines is 2. The van der Waals surface area contributed by atoms with Crippen LogP contribution in [0.3, 0.4) is 0 Å². The van der Waals surface area contributed by atoms with Crippen molar-refractivity contribution in [3.8, 4) is 0 Å². The molecule has 1 unspecified atom stereocenters. The molecule has 1 heterocycles. The second-order valence-electron chi connectivity index (χ2n) is 9.58. The number of rotatable bonds is 5. The van der Waals surface area contributed by atoms with E-state index >= 15 is 0 Å². The number of ether oxygens (including phenoxy) is 2. The molecule has 0 spiro atoms. The highest BCUT2D eigenvalue weighted by atomic mass is 35.5. The maximum atomic E-state index is 12.8. The lowest BCUT2D eigenvalue weighted by atomic mass is 10.0. The number of urea groups is 1. The number of halogens is 1. The molecule has 1 aliphatic rings. The first-order valence-electron chi connectivity index (χ1n) is 11.0. The van der Waals surface area contributed by atoms with E-state index in [2.05, 4.69) is 10.6 Å². The summed E-state index contributed by atoms with van der Waals surface area (Å²) in [5.74, 6) is 0. The minimum absolute atomic E-state index is 0.0715. The number of aryl methyl sites for hydroxylation is 1. The van der Waals surface area contributed by atoms with Crippen molar-refractivity contribution in [2.45, 2.75) is 64.8 Å². The van der Waals surface area contributed by atoms with Crippen molar-refractivity contribution in [1.29, 1.82) is 0 Å². The van der Waals surface area contributed by atoms with Crippen LogP contribution in [0, 0.1) is 0 Å². The van der Waals surface area contributed by atoms with E-state index in [9.17, 15) is 9.59 Å². The van der Waals surface area contributed by atoms with Crippen LogP contribution in [0.2, 0.25) is 5.02 Å². The van der Waals surface area contributed by atoms with Gasteiger partial charge in [0.15, 0.2) is 0 Å². The molecular weight excluding hydrogens is 442 g/mol. The van der Waals surface area contributed by atoms with Gasteiger partial charge in [0.1, 0.15) is 11.3 Å². The monoisotopic (exact) mass is 473 g/mol. The van der Waals surface area contributed by atoms with Gasteiger partial charge in [0.2, 0.25) is 0 Å². The smallest absolute Gasteiger partial charge is 0.412 e. The number of nitrogens with one attached hydrogen (secondary N) is 2. The number of hydrogen-bond donors (Lipinski definition) is 2. The van der Waals surface area contributed by atoms with E-state index in [1.54, 1.807) is 29.2 Å². The number of hydrogen-bond acceptors (Lipinski definition) is 4. The second-order valence-corrected chi connectivity index (χ2v) is 10.0. The van der Waals surface area contributed by atoms with E-state index in [-0.39, 0.29) is 18.2 Å². The Balaban J connectivity index is 1.54. The van der Waals surface area contributed by atoms with Crippen molar-refractivity contribution in [3.63, 3.8) is 0 Å². The lowest BCUT2D eigenvalue weighted by Crippen LogP contribution is -2.49. The lowest BCUT2D eigenvalue weighted by Gasteiger charge is -2.35. The summed E-state index contributed by atoms with van der Waals surface area (Å²) in [6, 6.07) is 14.2. The molecule has 0 radical (unpaired) electrons. The highest BCUT2D eigenvalue weighted by Gasteiger charge is 2.45. The summed E-state index contributed by atoms with van der Waals surface area (Å²) in [4.78, 5) is 26.7. The topological polar surface area (TPSA) is 79.9 Å². The van der Waals surface area contributed by atoms with Crippen molar-refractivity contribution in [2.24, 2.45) is 0 Å². The fraction of sp³-hybridized carbons (Fsp3) is 0.440. The van der Waals surface area contributed by atoms with Crippen LogP contribution < -0.4 is 10.6 Å². The van der Waals surface area contributed by atoms with Gasteiger partial charge >= 0.3 is 12.1 Å². The lowest BCUT2D eigenvalue weighted by molar-refractivity contribution is -0.0626. The number of amides is 3. The summed E-state index contributed by atoms with van der Waals surface area (Å²) in [6.07, 6.45) is 1.15. The quantitative estimate of drug-likeness (QED) is 0.534. The minimum atomic E-state index is -0.710. The Morgan fingerprint density at radius 1 is 1.06 bits per heavy atom. The molecule has 2 aromatic rings. The summed E-state index contributed by atoms with van der Waals surface area (Å²) in [7, 11) is 0. The van der Waals surface area contributed by atoms with Crippen molar-refractivity contribution in [1.82, 2.24) is 4.90 Å². The molecule has 0 saturated carbocycles. The molecule has 33 heavy (non-hydrogen) atoms. The molecular formula is C25H32ClN3O4. The molecule has 0 aromatic heterocycles. The van der Waals surface area contributed by atoms with Crippen LogP contribution in [0.25, 0.3) is 0 Å². The molecule has 2 N–H and O–H groups in total. The molecule has 3 rings (SSSR count). The maximum absolute atomic E-state index is 12.8. The highest BCUT2D eigenvalue weighted by molar-refractivity contribution is 6.30. The van der Waals surface area contributed by atoms with Crippen LogP contribution >= 0.6 is 11.6 Å². The first-order valence-corrected chi connectivity index (χ1v) is 11.4. The van der Waals surface area contributed by atoms with E-state index in [0.717, 1.165) is 18.4 Å². The van der Waals surface area contributed by atoms with Gasteiger partial charge in [0.05, 0.1) is 12.6 Å². The van der Waals surface area contributed by atoms with Crippen molar-refractivity contribution < 1.29 is 19.1 Å². The summed E-state index contributed by atoms with van der Waals surface area (Å²) >= 11 is 5.86. The van der Waals surface area contributed by atoms with Crippen LogP contribution in [-0.4, -0.2) is 41.0 Å². The third kappa shape index (κ3) is 7.11. The van der Waals surface area contributed by atoms with Crippen molar-refractivity contribution in [3.05, 3.63) is 59.1 Å². The fourth-order valence-electron chi connectivity index (χ4n) is 3.69. The van der Waals surface area contributed by atoms with Gasteiger partial charge in [0.25, 0.3) is 0 Å². The Kier molecular flexibility index (Phi) is 7.55. The van der Waals surface area contributed by atoms with E-state index in [1.807, 2.05) is 58.9 Å². The Bertz CT molecular complexity index is 969. The average Bonchev–Trinajstić information content (AvgIpc) is 3.02. The number of carbonyl (C=O) groups is 2. The fourth-order valence-corrected chi connectivity index (χ4v) is 3.82. The normalized spacial score (nSPS) is 17.5. The summed E-state index contributed by atoms with van der Waals surface area (Å²) in [5, 5.41) is 6.18. The molecule has 1 aliphatic heterocycles. The first-order chi connectivity index (χ1) is 15.4. The van der Waals surface area contributed by atoms with Crippen molar-refractivity contribution in [2.75, 3.05) is 17.2 Å². The van der Waals surface area contributed by atoms with E-state index in [0.29, 0.717) is 23.0 Å². The van der Waals surface area contributed by atoms with Crippen LogP contribution in [-0.2, 0) is 15.9 Å². The molecule has 3 amide bonds. The van der Waals surface area contributed by atoms with Gasteiger partial charge in [-0.05, 0) is 89.4 Å². The van der Waals surface area contributed by atoms with E-state index < -0.39 is 11.3 Å². The average molecular weight is 474 g/mol. The molecule has 1 atom stereocenters. The van der Waals surface area contributed by atoms with Gasteiger partial charge in [-0.1, -0.05) is 23.7 Å². The summed E-state index contributed by atoms with van der Waals surface area (Å²) in [6.45, 7) is 9.80. The molecule has 1 fully saturated rings. The number of benzene rings is 2. The third-order valence-electron chi connectivity index (χ3n) is 5.24. The Morgan fingerprint density at radius 3 is 2.15 bits per heavy atom. The first kappa shape index (κ1) is 24.9. The standard InChI is InChI=1S/C25H32ClN3O4/c1-24(2,3)33-23(31)29-21(16-32-25(29,4)5)15-8-17-6-11-19(12-7-17)27-22(30)28-20-13-9-18(26)10-14-20/h6-7,9-14,21H,8,15-16H2,1-5H3,(H2,27,28,30). The predicted octanol–water partition coefficient (Wildman–Crippen LogP) is 6.29. The van der Waals surface area contributed by atoms with Crippen LogP contribution in [0.15, 0.2) is 48.5 Å². The SMILES string of the molecule is CC(C)(C)OC(=O)N1C(CCc2ccc(NC(=O)Nc3ccc(Cl)cc3)cc2)COC1(C)C. The molecule has 178 valence electrons. The zero-order chi connectivity index (χ0) is 24.2. The molecule has 0 aliphatic carbocycles. The third-order valence-corrected chi connectivity index (χ3v) is 5.50. The van der Waals surface area contributed by atoms with Gasteiger partial charge in [-0.15, -0.1) is 0 Å². The number of nitrogens with zero attached hydrogens (tertiary/aromatic N) is 1. The maximum Gasteiger partial charge on any atom is 0.412 e. The minimum Gasteiger partial charge on any atom is -0.444 e. The molecule has 8 heteroatoms. The summed E-state index contributed by atoms with van der Waals surface area (Å²) in [5.41, 5.74) is 1.17. The molecule has 1 saturated heterocycles. The zero-order valence-electron chi connectivity index (χ0n) is 19.8. The molecule has 0 bridgehead atoms. The van der Waals surface area contributed by atoms with Crippen molar-refractivity contribution >= 4 is 35.1 Å². The molecule has 2 aromatic carbocycles. The molecule has 7 nitrogen and oxygen atoms in total. The summed E-state index contributed by atoms with van der Waals surface area (Å²) < 4.78 is 11.5. The van der Waals surface area contributed by atoms with Gasteiger partial charge < -0.3 is 20.1 Å². The van der Waals surface area contributed by atoms with E-state index in [1.165, 1.54) is 0 Å². The Hall–Kier alpha value is -2.77. The van der Waals surface area contributed by atoms with Gasteiger partial charge in [0, 0.05) is 16.4 Å². The van der Waals surface area contributed by atoms with Crippen LogP contribution in [0.5, 0.6) is 0 Å². The Morgan fingerprint density at radius 2 is 1.61 bits per heavy atom. The Labute approximate surface area is 200 Å². The van der Waals surface area contributed by atoms with Gasteiger partial charge in [-0.3, -0.25) is 4.90 Å². The predicted molar refractivity (Wildman–Crippen MR) is 131 cm³/mol.